The van der Waals surface area contributed by atoms with Crippen molar-refractivity contribution in [3.8, 4) is 0 Å². The highest BCUT2D eigenvalue weighted by Gasteiger charge is 2.29. The van der Waals surface area contributed by atoms with Crippen molar-refractivity contribution in [2.75, 3.05) is 38.5 Å². The van der Waals surface area contributed by atoms with E-state index in [4.69, 9.17) is 0 Å². The molecular weight excluding hydrogens is 524 g/mol. The fourth-order valence-electron chi connectivity index (χ4n) is 5.36. The molecule has 8 nitrogen and oxygen atoms in total. The third-order valence-corrected chi connectivity index (χ3v) is 9.59. The molecule has 2 aromatic carbocycles. The van der Waals surface area contributed by atoms with Crippen LogP contribution < -0.4 is 5.32 Å². The molecule has 2 aliphatic heterocycles. The minimum absolute atomic E-state index is 0.0184. The number of likely N-dealkylation sites (N-methyl/N-ethyl adjacent to an activating group) is 1. The molecule has 1 aromatic heterocycles. The number of hydrogen-bond acceptors (Lipinski definition) is 5. The molecule has 9 heteroatoms. The van der Waals surface area contributed by atoms with Crippen molar-refractivity contribution >= 4 is 39.0 Å². The monoisotopic (exact) mass is 560 g/mol. The van der Waals surface area contributed by atoms with Crippen LogP contribution in [0, 0.1) is 13.8 Å². The van der Waals surface area contributed by atoms with Crippen molar-refractivity contribution in [1.82, 2.24) is 14.8 Å². The highest BCUT2D eigenvalue weighted by Crippen LogP contribution is 2.36. The van der Waals surface area contributed by atoms with Crippen molar-refractivity contribution in [2.24, 2.45) is 0 Å². The summed E-state index contributed by atoms with van der Waals surface area (Å²) in [6.45, 7) is 10.9. The predicted molar refractivity (Wildman–Crippen MR) is 158 cm³/mol. The molecule has 1 saturated heterocycles. The Hall–Kier alpha value is -3.69. The van der Waals surface area contributed by atoms with Gasteiger partial charge in [-0.25, -0.2) is 8.42 Å². The number of rotatable bonds is 6. The Morgan fingerprint density at radius 2 is 1.70 bits per heavy atom. The van der Waals surface area contributed by atoms with Gasteiger partial charge < -0.3 is 20.1 Å². The number of H-pyrrole nitrogens is 1. The van der Waals surface area contributed by atoms with Crippen molar-refractivity contribution in [3.63, 3.8) is 0 Å². The van der Waals surface area contributed by atoms with Gasteiger partial charge in [0, 0.05) is 48.8 Å². The number of nitrogens with zero attached hydrogens (tertiary/aromatic N) is 2. The number of nitrogens with one attached hydrogen (secondary N) is 2. The topological polar surface area (TPSA) is 103 Å². The van der Waals surface area contributed by atoms with Crippen LogP contribution in [0.1, 0.15) is 63.8 Å². The Labute approximate surface area is 236 Å². The first-order valence-corrected chi connectivity index (χ1v) is 15.3. The lowest BCUT2D eigenvalue weighted by atomic mass is 10.0. The molecule has 210 valence electrons. The average Bonchev–Trinajstić information content (AvgIpc) is 3.37. The van der Waals surface area contributed by atoms with Crippen LogP contribution in [0.25, 0.3) is 11.6 Å². The van der Waals surface area contributed by atoms with Gasteiger partial charge in [0.1, 0.15) is 0 Å². The maximum Gasteiger partial charge on any atom is 0.256 e. The number of benzene rings is 2. The Kier molecular flexibility index (Phi) is 7.46. The van der Waals surface area contributed by atoms with Gasteiger partial charge in [-0.15, -0.1) is 0 Å². The van der Waals surface area contributed by atoms with E-state index < -0.39 is 9.84 Å². The van der Waals surface area contributed by atoms with E-state index in [1.807, 2.05) is 50.1 Å². The fourth-order valence-corrected chi connectivity index (χ4v) is 6.73. The van der Waals surface area contributed by atoms with Crippen molar-refractivity contribution < 1.29 is 18.0 Å². The zero-order valence-electron chi connectivity index (χ0n) is 23.7. The second kappa shape index (κ2) is 10.7. The van der Waals surface area contributed by atoms with Crippen LogP contribution in [-0.2, 0) is 20.4 Å². The number of aromatic amines is 1. The van der Waals surface area contributed by atoms with E-state index >= 15 is 0 Å². The van der Waals surface area contributed by atoms with Gasteiger partial charge in [-0.05, 0) is 67.8 Å². The second-order valence-corrected chi connectivity index (χ2v) is 13.1. The number of sulfone groups is 1. The standard InChI is InChI=1S/C31H36N4O4S/c1-19(2)23-8-6-22(7-9-23)18-40(38,39)24-10-11-27-25(16-24)26(30(36)33-27)17-28-20(3)29(21(4)32-28)31(37)35-14-12-34(5)13-15-35/h6-11,16-17,19,32H,12-15,18H2,1-5H3,(H,33,36). The number of fused-ring (bicyclic) bond motifs is 1. The molecule has 0 radical (unpaired) electrons. The lowest BCUT2D eigenvalue weighted by Gasteiger charge is -2.32. The Bertz CT molecular complexity index is 1610. The number of aromatic nitrogens is 1. The summed E-state index contributed by atoms with van der Waals surface area (Å²) < 4.78 is 26.7. The van der Waals surface area contributed by atoms with Crippen LogP contribution >= 0.6 is 0 Å². The summed E-state index contributed by atoms with van der Waals surface area (Å²) >= 11 is 0. The number of carbonyl (C=O) groups excluding carboxylic acids is 2. The third-order valence-electron chi connectivity index (χ3n) is 7.91. The SMILES string of the molecule is Cc1[nH]c(C=C2C(=O)Nc3ccc(S(=O)(=O)Cc4ccc(C(C)C)cc4)cc32)c(C)c1C(=O)N1CCN(C)CC1. The van der Waals surface area contributed by atoms with Gasteiger partial charge in [0.15, 0.2) is 9.84 Å². The van der Waals surface area contributed by atoms with Gasteiger partial charge in [-0.2, -0.15) is 0 Å². The quantitative estimate of drug-likeness (QED) is 0.429. The molecule has 3 heterocycles. The van der Waals surface area contributed by atoms with Gasteiger partial charge in [0.2, 0.25) is 0 Å². The summed E-state index contributed by atoms with van der Waals surface area (Å²) in [6, 6.07) is 12.4. The highest BCUT2D eigenvalue weighted by molar-refractivity contribution is 7.90. The lowest BCUT2D eigenvalue weighted by Crippen LogP contribution is -2.47. The van der Waals surface area contributed by atoms with Crippen LogP contribution in [0.15, 0.2) is 47.4 Å². The molecule has 2 aliphatic rings. The van der Waals surface area contributed by atoms with Crippen molar-refractivity contribution in [2.45, 2.75) is 44.3 Å². The molecule has 3 aromatic rings. The second-order valence-electron chi connectivity index (χ2n) is 11.1. The molecule has 0 unspecified atom stereocenters. The zero-order valence-corrected chi connectivity index (χ0v) is 24.5. The Morgan fingerprint density at radius 1 is 1.02 bits per heavy atom. The first kappa shape index (κ1) is 27.9. The first-order valence-electron chi connectivity index (χ1n) is 13.6. The molecule has 2 amide bonds. The lowest BCUT2D eigenvalue weighted by molar-refractivity contribution is -0.110. The number of hydrogen-bond donors (Lipinski definition) is 2. The smallest absolute Gasteiger partial charge is 0.256 e. The van der Waals surface area contributed by atoms with Gasteiger partial charge in [0.05, 0.1) is 21.8 Å². The molecule has 5 rings (SSSR count). The fraction of sp³-hybridized carbons (Fsp3) is 0.355. The minimum atomic E-state index is -3.65. The number of amides is 2. The maximum atomic E-state index is 13.3. The number of carbonyl (C=O) groups is 2. The molecular formula is C31H36N4O4S. The normalized spacial score (nSPS) is 17.0. The Morgan fingerprint density at radius 3 is 2.35 bits per heavy atom. The molecule has 0 spiro atoms. The summed E-state index contributed by atoms with van der Waals surface area (Å²) in [4.78, 5) is 33.8. The molecule has 2 N–H and O–H groups in total. The third kappa shape index (κ3) is 5.36. The van der Waals surface area contributed by atoms with Gasteiger partial charge >= 0.3 is 0 Å². The van der Waals surface area contributed by atoms with Crippen LogP contribution in [0.4, 0.5) is 5.69 Å². The molecule has 0 saturated carbocycles. The summed E-state index contributed by atoms with van der Waals surface area (Å²) in [7, 11) is -1.60. The van der Waals surface area contributed by atoms with Crippen LogP contribution in [0.2, 0.25) is 0 Å². The molecule has 0 aliphatic carbocycles. The average molecular weight is 561 g/mol. The van der Waals surface area contributed by atoms with Crippen molar-refractivity contribution in [3.05, 3.63) is 81.7 Å². The van der Waals surface area contributed by atoms with Crippen LogP contribution in [0.3, 0.4) is 0 Å². The summed E-state index contributed by atoms with van der Waals surface area (Å²) in [5, 5.41) is 2.84. The van der Waals surface area contributed by atoms with Crippen LogP contribution in [0.5, 0.6) is 0 Å². The first-order chi connectivity index (χ1) is 18.9. The summed E-state index contributed by atoms with van der Waals surface area (Å²) in [5.41, 5.74) is 6.10. The number of piperazine rings is 1. The van der Waals surface area contributed by atoms with E-state index in [2.05, 4.69) is 29.0 Å². The van der Waals surface area contributed by atoms with E-state index in [0.717, 1.165) is 29.9 Å². The maximum absolute atomic E-state index is 13.3. The zero-order chi connectivity index (χ0) is 28.8. The number of anilines is 1. The predicted octanol–water partition coefficient (Wildman–Crippen LogP) is 4.61. The minimum Gasteiger partial charge on any atom is -0.358 e. The molecule has 1 fully saturated rings. The largest absolute Gasteiger partial charge is 0.358 e. The van der Waals surface area contributed by atoms with E-state index in [-0.39, 0.29) is 22.5 Å². The van der Waals surface area contributed by atoms with Crippen molar-refractivity contribution in [1.29, 1.82) is 0 Å². The van der Waals surface area contributed by atoms with Gasteiger partial charge in [0.25, 0.3) is 11.8 Å². The molecule has 40 heavy (non-hydrogen) atoms. The molecule has 0 bridgehead atoms. The number of aryl methyl sites for hydroxylation is 1. The van der Waals surface area contributed by atoms with E-state index in [1.54, 1.807) is 18.2 Å². The van der Waals surface area contributed by atoms with E-state index in [0.29, 0.717) is 52.7 Å². The van der Waals surface area contributed by atoms with E-state index in [9.17, 15) is 18.0 Å². The van der Waals surface area contributed by atoms with Gasteiger partial charge in [-0.1, -0.05) is 38.1 Å². The summed E-state index contributed by atoms with van der Waals surface area (Å²) in [5.74, 6) is -0.0923. The summed E-state index contributed by atoms with van der Waals surface area (Å²) in [6.07, 6.45) is 1.71. The van der Waals surface area contributed by atoms with Crippen LogP contribution in [-0.4, -0.2) is 68.2 Å². The molecule has 0 atom stereocenters. The highest BCUT2D eigenvalue weighted by atomic mass is 32.2. The van der Waals surface area contributed by atoms with Gasteiger partial charge in [-0.3, -0.25) is 9.59 Å². The van der Waals surface area contributed by atoms with E-state index in [1.165, 1.54) is 6.07 Å². The Balaban J connectivity index is 1.44.